The van der Waals surface area contributed by atoms with Crippen molar-refractivity contribution in [1.29, 1.82) is 0 Å². The van der Waals surface area contributed by atoms with Crippen molar-refractivity contribution in [2.75, 3.05) is 20.6 Å². The van der Waals surface area contributed by atoms with E-state index in [9.17, 15) is 4.79 Å². The lowest BCUT2D eigenvalue weighted by atomic mass is 10.6. The molecule has 0 saturated heterocycles. The molecule has 1 atom stereocenters. The molecule has 0 aliphatic heterocycles. The molecule has 0 aliphatic rings. The van der Waals surface area contributed by atoms with Crippen molar-refractivity contribution in [1.82, 2.24) is 5.06 Å². The Labute approximate surface area is 59.6 Å². The second kappa shape index (κ2) is 2.96. The zero-order valence-corrected chi connectivity index (χ0v) is 6.40. The highest BCUT2D eigenvalue weighted by Crippen LogP contribution is 1.99. The van der Waals surface area contributed by atoms with Crippen LogP contribution in [-0.4, -0.2) is 46.8 Å². The highest BCUT2D eigenvalue weighted by molar-refractivity contribution is 5.64. The van der Waals surface area contributed by atoms with Gasteiger partial charge >= 0.3 is 6.03 Å². The van der Waals surface area contributed by atoms with Crippen LogP contribution in [0.4, 0.5) is 4.79 Å². The summed E-state index contributed by atoms with van der Waals surface area (Å²) in [6, 6.07) is -0.748. The van der Waals surface area contributed by atoms with Gasteiger partial charge in [-0.15, -0.1) is 4.65 Å². The van der Waals surface area contributed by atoms with Crippen molar-refractivity contribution in [2.45, 2.75) is 6.92 Å². The van der Waals surface area contributed by atoms with Crippen LogP contribution in [0.15, 0.2) is 0 Å². The largest absolute Gasteiger partial charge is 0.474 e. The lowest BCUT2D eigenvalue weighted by molar-refractivity contribution is -1.02. The maximum atomic E-state index is 10.8. The fourth-order valence-corrected chi connectivity index (χ4v) is 0.447. The van der Waals surface area contributed by atoms with Crippen LogP contribution in [0.25, 0.3) is 0 Å². The van der Waals surface area contributed by atoms with Crippen LogP contribution in [0.2, 0.25) is 0 Å². The van der Waals surface area contributed by atoms with Gasteiger partial charge in [-0.05, 0) is 6.92 Å². The first-order valence-corrected chi connectivity index (χ1v) is 2.97. The molecule has 10 heavy (non-hydrogen) atoms. The third-order valence-corrected chi connectivity index (χ3v) is 1.30. The van der Waals surface area contributed by atoms with Crippen molar-refractivity contribution < 1.29 is 19.9 Å². The quantitative estimate of drug-likeness (QED) is 0.320. The Kier molecular flexibility index (Phi) is 2.77. The van der Waals surface area contributed by atoms with Crippen LogP contribution < -0.4 is 0 Å². The Hall–Kier alpha value is -0.650. The fraction of sp³-hybridized carbons (Fsp3) is 0.800. The standard InChI is InChI=1S/C5H13N2O3/c1-4-7(3,10)5(8)6(2)9/h9-10H,4H2,1-3H3/q+1. The van der Waals surface area contributed by atoms with Crippen molar-refractivity contribution in [3.8, 4) is 0 Å². The van der Waals surface area contributed by atoms with E-state index in [1.54, 1.807) is 6.92 Å². The van der Waals surface area contributed by atoms with E-state index in [1.807, 2.05) is 0 Å². The molecule has 0 aliphatic carbocycles. The third kappa shape index (κ3) is 1.94. The van der Waals surface area contributed by atoms with Gasteiger partial charge in [0, 0.05) is 7.05 Å². The lowest BCUT2D eigenvalue weighted by Crippen LogP contribution is -2.51. The average Bonchev–Trinajstić information content (AvgIpc) is 1.86. The Morgan fingerprint density at radius 1 is 1.70 bits per heavy atom. The number of hydrogen-bond donors (Lipinski definition) is 2. The number of hydrogen-bond acceptors (Lipinski definition) is 3. The summed E-state index contributed by atoms with van der Waals surface area (Å²) in [5.74, 6) is 0. The summed E-state index contributed by atoms with van der Waals surface area (Å²) >= 11 is 0. The SMILES string of the molecule is CC[N+](C)(O)C(=O)N(C)O. The number of nitrogens with zero attached hydrogens (tertiary/aromatic N) is 2. The number of urea groups is 1. The Bertz CT molecular complexity index is 133. The molecule has 5 nitrogen and oxygen atoms in total. The van der Waals surface area contributed by atoms with Gasteiger partial charge in [0.1, 0.15) is 13.6 Å². The summed E-state index contributed by atoms with van der Waals surface area (Å²) in [6.45, 7) is 1.87. The molecule has 0 spiro atoms. The fourth-order valence-electron chi connectivity index (χ4n) is 0.447. The number of rotatable bonds is 1. The van der Waals surface area contributed by atoms with E-state index in [2.05, 4.69) is 0 Å². The predicted octanol–water partition coefficient (Wildman–Crippen LogP) is 0.283. The second-order valence-electron chi connectivity index (χ2n) is 2.26. The van der Waals surface area contributed by atoms with Gasteiger partial charge in [0.05, 0.1) is 0 Å². The molecule has 0 heterocycles. The van der Waals surface area contributed by atoms with Gasteiger partial charge in [0.25, 0.3) is 0 Å². The Morgan fingerprint density at radius 3 is 2.20 bits per heavy atom. The first-order chi connectivity index (χ1) is 4.41. The number of hydroxylamine groups is 5. The molecule has 60 valence electrons. The van der Waals surface area contributed by atoms with E-state index in [-0.39, 0.29) is 6.54 Å². The van der Waals surface area contributed by atoms with Crippen molar-refractivity contribution in [3.05, 3.63) is 0 Å². The number of amides is 2. The number of quaternary nitrogens is 1. The van der Waals surface area contributed by atoms with Gasteiger partial charge in [0.15, 0.2) is 0 Å². The van der Waals surface area contributed by atoms with Gasteiger partial charge < -0.3 is 0 Å². The number of carbonyl (C=O) groups excluding carboxylic acids is 1. The normalized spacial score (nSPS) is 16.1. The zero-order valence-electron chi connectivity index (χ0n) is 6.40. The van der Waals surface area contributed by atoms with Gasteiger partial charge in [-0.1, -0.05) is 0 Å². The lowest BCUT2D eigenvalue weighted by Gasteiger charge is -2.22. The van der Waals surface area contributed by atoms with E-state index in [0.717, 1.165) is 0 Å². The summed E-state index contributed by atoms with van der Waals surface area (Å²) in [5, 5.41) is 18.1. The molecule has 0 aromatic heterocycles. The first-order valence-electron chi connectivity index (χ1n) is 2.97. The smallest absolute Gasteiger partial charge is 0.282 e. The predicted molar refractivity (Wildman–Crippen MR) is 33.5 cm³/mol. The monoisotopic (exact) mass is 149 g/mol. The Morgan fingerprint density at radius 2 is 2.10 bits per heavy atom. The molecular formula is C5H13N2O3+. The molecule has 0 radical (unpaired) electrons. The van der Waals surface area contributed by atoms with E-state index in [0.29, 0.717) is 5.06 Å². The molecule has 0 rings (SSSR count). The molecular weight excluding hydrogens is 136 g/mol. The summed E-state index contributed by atoms with van der Waals surface area (Å²) in [6.07, 6.45) is 0. The van der Waals surface area contributed by atoms with E-state index in [4.69, 9.17) is 10.4 Å². The van der Waals surface area contributed by atoms with Gasteiger partial charge in [-0.25, -0.2) is 10.0 Å². The van der Waals surface area contributed by atoms with Crippen molar-refractivity contribution in [3.63, 3.8) is 0 Å². The molecule has 2 amide bonds. The van der Waals surface area contributed by atoms with Crippen LogP contribution in [0.3, 0.4) is 0 Å². The average molecular weight is 149 g/mol. The summed E-state index contributed by atoms with van der Waals surface area (Å²) in [4.78, 5) is 10.8. The molecule has 0 saturated carbocycles. The molecule has 2 N–H and O–H groups in total. The van der Waals surface area contributed by atoms with E-state index in [1.165, 1.54) is 14.1 Å². The molecule has 0 fully saturated rings. The van der Waals surface area contributed by atoms with Crippen LogP contribution in [-0.2, 0) is 0 Å². The number of carbonyl (C=O) groups is 1. The van der Waals surface area contributed by atoms with Crippen molar-refractivity contribution >= 4 is 6.03 Å². The van der Waals surface area contributed by atoms with Gasteiger partial charge in [0.2, 0.25) is 0 Å². The summed E-state index contributed by atoms with van der Waals surface area (Å²) < 4.78 is -0.826. The van der Waals surface area contributed by atoms with Crippen LogP contribution >= 0.6 is 0 Å². The van der Waals surface area contributed by atoms with E-state index >= 15 is 0 Å². The summed E-state index contributed by atoms with van der Waals surface area (Å²) in [5.41, 5.74) is 0. The minimum absolute atomic E-state index is 0.226. The topological polar surface area (TPSA) is 60.8 Å². The zero-order chi connectivity index (χ0) is 8.36. The minimum atomic E-state index is -0.826. The van der Waals surface area contributed by atoms with Gasteiger partial charge in [-0.3, -0.25) is 5.21 Å². The molecule has 0 aromatic rings. The molecule has 0 bridgehead atoms. The van der Waals surface area contributed by atoms with Gasteiger partial charge in [-0.2, -0.15) is 5.06 Å². The highest BCUT2D eigenvalue weighted by Gasteiger charge is 2.31. The van der Waals surface area contributed by atoms with Crippen LogP contribution in [0, 0.1) is 0 Å². The van der Waals surface area contributed by atoms with Crippen LogP contribution in [0.5, 0.6) is 0 Å². The van der Waals surface area contributed by atoms with Crippen LogP contribution in [0.1, 0.15) is 6.92 Å². The second-order valence-corrected chi connectivity index (χ2v) is 2.26. The molecule has 1 unspecified atom stereocenters. The maximum Gasteiger partial charge on any atom is 0.474 e. The highest BCUT2D eigenvalue weighted by atomic mass is 16.6. The Balaban J connectivity index is 4.19. The molecule has 0 aromatic carbocycles. The minimum Gasteiger partial charge on any atom is -0.282 e. The first kappa shape index (κ1) is 9.35. The van der Waals surface area contributed by atoms with Crippen molar-refractivity contribution in [2.24, 2.45) is 0 Å². The van der Waals surface area contributed by atoms with E-state index < -0.39 is 10.7 Å². The third-order valence-electron chi connectivity index (χ3n) is 1.30. The molecule has 5 heteroatoms. The summed E-state index contributed by atoms with van der Waals surface area (Å²) in [7, 11) is 2.47. The maximum absolute atomic E-state index is 10.8.